The quantitative estimate of drug-likeness (QED) is 0.312. The highest BCUT2D eigenvalue weighted by Gasteiger charge is 2.15. The van der Waals surface area contributed by atoms with Gasteiger partial charge in [-0.05, 0) is 48.9 Å². The van der Waals surface area contributed by atoms with Crippen LogP contribution in [0.1, 0.15) is 17.0 Å². The minimum absolute atomic E-state index is 0.127. The lowest BCUT2D eigenvalue weighted by atomic mass is 10.2. The number of amides is 1. The lowest BCUT2D eigenvalue weighted by molar-refractivity contribution is -0.118. The zero-order valence-corrected chi connectivity index (χ0v) is 20.4. The molecule has 0 radical (unpaired) electrons. The lowest BCUT2D eigenvalue weighted by Crippen LogP contribution is -2.26. The number of sulfonamides is 1. The minimum Gasteiger partial charge on any atom is -0.351 e. The summed E-state index contributed by atoms with van der Waals surface area (Å²) in [7, 11) is -3.63. The molecule has 0 fully saturated rings. The molecule has 12 heteroatoms. The maximum absolute atomic E-state index is 13.0. The number of fused-ring (bicyclic) bond motifs is 1. The largest absolute Gasteiger partial charge is 0.351 e. The molecule has 0 spiro atoms. The molecule has 0 atom stereocenters. The number of hydrogen-bond donors (Lipinski definition) is 2. The van der Waals surface area contributed by atoms with Gasteiger partial charge in [-0.2, -0.15) is 9.61 Å². The van der Waals surface area contributed by atoms with Crippen molar-refractivity contribution in [2.24, 2.45) is 0 Å². The van der Waals surface area contributed by atoms with Gasteiger partial charge in [0.1, 0.15) is 10.8 Å². The molecular weight excluding hydrogens is 491 g/mol. The van der Waals surface area contributed by atoms with Crippen molar-refractivity contribution in [3.63, 3.8) is 0 Å². The van der Waals surface area contributed by atoms with Crippen LogP contribution in [0.15, 0.2) is 70.6 Å². The number of nitrogens with zero attached hydrogens (tertiary/aromatic N) is 4. The molecule has 0 unspecified atom stereocenters. The van der Waals surface area contributed by atoms with Crippen molar-refractivity contribution in [3.8, 4) is 0 Å². The highest BCUT2D eigenvalue weighted by atomic mass is 32.2. The summed E-state index contributed by atoms with van der Waals surface area (Å²) in [4.78, 5) is 12.4. The van der Waals surface area contributed by atoms with Crippen LogP contribution in [0.25, 0.3) is 5.65 Å². The number of aryl methyl sites for hydroxylation is 1. The van der Waals surface area contributed by atoms with Crippen LogP contribution < -0.4 is 10.0 Å². The molecule has 2 aromatic carbocycles. The molecule has 2 N–H and O–H groups in total. The fraction of sp³-hybridized carbons (Fsp3) is 0.217. The standard InChI is InChI=1S/C23H23FN6O3S2/c1-16-2-8-19(9-3-16)35(32,33)26-13-12-21-28-27-20-10-11-23(29-30(20)21)34-15-22(31)25-14-17-4-6-18(24)7-5-17/h2-11,26H,12-15H2,1H3,(H,25,31). The molecule has 0 aliphatic rings. The van der Waals surface area contributed by atoms with Crippen LogP contribution in [0.2, 0.25) is 0 Å². The van der Waals surface area contributed by atoms with Gasteiger partial charge in [-0.25, -0.2) is 17.5 Å². The number of carbonyl (C=O) groups is 1. The summed E-state index contributed by atoms with van der Waals surface area (Å²) < 4.78 is 42.0. The second-order valence-corrected chi connectivity index (χ2v) is 10.5. The molecular formula is C23H23FN6O3S2. The van der Waals surface area contributed by atoms with E-state index in [4.69, 9.17) is 0 Å². The molecule has 0 aliphatic heterocycles. The monoisotopic (exact) mass is 514 g/mol. The van der Waals surface area contributed by atoms with E-state index in [2.05, 4.69) is 25.3 Å². The van der Waals surface area contributed by atoms with Crippen LogP contribution in [0.5, 0.6) is 0 Å². The fourth-order valence-electron chi connectivity index (χ4n) is 3.14. The summed E-state index contributed by atoms with van der Waals surface area (Å²) in [6, 6.07) is 16.0. The van der Waals surface area contributed by atoms with E-state index in [1.807, 2.05) is 6.92 Å². The van der Waals surface area contributed by atoms with Crippen LogP contribution in [-0.2, 0) is 27.8 Å². The smallest absolute Gasteiger partial charge is 0.240 e. The molecule has 0 aliphatic carbocycles. The molecule has 2 heterocycles. The highest BCUT2D eigenvalue weighted by Crippen LogP contribution is 2.16. The zero-order valence-electron chi connectivity index (χ0n) is 18.8. The third-order valence-electron chi connectivity index (χ3n) is 5.03. The molecule has 1 amide bonds. The summed E-state index contributed by atoms with van der Waals surface area (Å²) in [6.45, 7) is 2.32. The minimum atomic E-state index is -3.63. The topological polar surface area (TPSA) is 118 Å². The fourth-order valence-corrected chi connectivity index (χ4v) is 4.86. The molecule has 0 saturated carbocycles. The predicted octanol–water partition coefficient (Wildman–Crippen LogP) is 2.50. The first kappa shape index (κ1) is 24.8. The number of benzene rings is 2. The molecule has 2 aromatic heterocycles. The third kappa shape index (κ3) is 6.62. The first-order valence-electron chi connectivity index (χ1n) is 10.7. The first-order chi connectivity index (χ1) is 16.8. The van der Waals surface area contributed by atoms with Crippen molar-refractivity contribution in [3.05, 3.63) is 83.4 Å². The van der Waals surface area contributed by atoms with Gasteiger partial charge in [0.15, 0.2) is 11.5 Å². The Kier molecular flexibility index (Phi) is 7.73. The molecule has 4 aromatic rings. The van der Waals surface area contributed by atoms with E-state index in [1.54, 1.807) is 53.0 Å². The third-order valence-corrected chi connectivity index (χ3v) is 7.43. The van der Waals surface area contributed by atoms with Gasteiger partial charge in [-0.15, -0.1) is 10.2 Å². The van der Waals surface area contributed by atoms with Gasteiger partial charge in [-0.1, -0.05) is 41.6 Å². The first-order valence-corrected chi connectivity index (χ1v) is 13.2. The normalized spacial score (nSPS) is 11.6. The number of halogens is 1. The Morgan fingerprint density at radius 3 is 2.51 bits per heavy atom. The Morgan fingerprint density at radius 2 is 1.77 bits per heavy atom. The second-order valence-electron chi connectivity index (χ2n) is 7.71. The van der Waals surface area contributed by atoms with E-state index in [0.29, 0.717) is 23.0 Å². The Bertz CT molecular complexity index is 1420. The summed E-state index contributed by atoms with van der Waals surface area (Å²) in [6.07, 6.45) is 0.283. The SMILES string of the molecule is Cc1ccc(S(=O)(=O)NCCc2nnc3ccc(SCC(=O)NCc4ccc(F)cc4)nn23)cc1. The Balaban J connectivity index is 1.32. The molecule has 0 bridgehead atoms. The van der Waals surface area contributed by atoms with Crippen LogP contribution >= 0.6 is 11.8 Å². The van der Waals surface area contributed by atoms with Crippen LogP contribution in [0, 0.1) is 12.7 Å². The summed E-state index contributed by atoms with van der Waals surface area (Å²) in [5, 5.41) is 16.0. The Labute approximate surface area is 206 Å². The van der Waals surface area contributed by atoms with E-state index >= 15 is 0 Å². The van der Waals surface area contributed by atoms with Gasteiger partial charge in [0.2, 0.25) is 15.9 Å². The number of aromatic nitrogens is 4. The number of nitrogens with one attached hydrogen (secondary N) is 2. The molecule has 182 valence electrons. The maximum atomic E-state index is 13.0. The molecule has 9 nitrogen and oxygen atoms in total. The number of hydrogen-bond acceptors (Lipinski definition) is 7. The summed E-state index contributed by atoms with van der Waals surface area (Å²) in [5.74, 6) is 0.132. The van der Waals surface area contributed by atoms with E-state index in [1.165, 1.54) is 23.9 Å². The van der Waals surface area contributed by atoms with Crippen molar-refractivity contribution in [1.29, 1.82) is 0 Å². The van der Waals surface area contributed by atoms with Gasteiger partial charge >= 0.3 is 0 Å². The van der Waals surface area contributed by atoms with Crippen molar-refractivity contribution < 1.29 is 17.6 Å². The Morgan fingerprint density at radius 1 is 1.03 bits per heavy atom. The van der Waals surface area contributed by atoms with Crippen LogP contribution in [-0.4, -0.2) is 46.4 Å². The highest BCUT2D eigenvalue weighted by molar-refractivity contribution is 7.99. The van der Waals surface area contributed by atoms with Crippen molar-refractivity contribution >= 4 is 33.3 Å². The van der Waals surface area contributed by atoms with Gasteiger partial charge in [0, 0.05) is 19.5 Å². The van der Waals surface area contributed by atoms with Crippen LogP contribution in [0.4, 0.5) is 4.39 Å². The average molecular weight is 515 g/mol. The predicted molar refractivity (Wildman–Crippen MR) is 130 cm³/mol. The van der Waals surface area contributed by atoms with Crippen molar-refractivity contribution in [1.82, 2.24) is 29.9 Å². The molecule has 4 rings (SSSR count). The number of carbonyl (C=O) groups excluding carboxylic acids is 1. The maximum Gasteiger partial charge on any atom is 0.240 e. The van der Waals surface area contributed by atoms with Crippen molar-refractivity contribution in [2.45, 2.75) is 29.8 Å². The van der Waals surface area contributed by atoms with Gasteiger partial charge in [0.05, 0.1) is 10.6 Å². The van der Waals surface area contributed by atoms with E-state index < -0.39 is 10.0 Å². The second kappa shape index (κ2) is 10.9. The van der Waals surface area contributed by atoms with E-state index in [9.17, 15) is 17.6 Å². The van der Waals surface area contributed by atoms with E-state index in [-0.39, 0.29) is 35.3 Å². The van der Waals surface area contributed by atoms with Gasteiger partial charge in [0.25, 0.3) is 0 Å². The zero-order chi connectivity index (χ0) is 24.8. The summed E-state index contributed by atoms with van der Waals surface area (Å²) in [5.41, 5.74) is 2.30. The van der Waals surface area contributed by atoms with Crippen LogP contribution in [0.3, 0.4) is 0 Å². The van der Waals surface area contributed by atoms with E-state index in [0.717, 1.165) is 11.1 Å². The molecule has 35 heavy (non-hydrogen) atoms. The van der Waals surface area contributed by atoms with Gasteiger partial charge < -0.3 is 5.32 Å². The van der Waals surface area contributed by atoms with Gasteiger partial charge in [-0.3, -0.25) is 4.79 Å². The number of thioether (sulfide) groups is 1. The average Bonchev–Trinajstić information content (AvgIpc) is 3.25. The summed E-state index contributed by atoms with van der Waals surface area (Å²) >= 11 is 1.25. The Hall–Kier alpha value is -3.35. The lowest BCUT2D eigenvalue weighted by Gasteiger charge is -2.07. The molecule has 0 saturated heterocycles. The number of rotatable bonds is 10. The van der Waals surface area contributed by atoms with Crippen molar-refractivity contribution in [2.75, 3.05) is 12.3 Å².